The molecular weight excluding hydrogens is 506 g/mol. The smallest absolute Gasteiger partial charge is 0.338 e. The van der Waals surface area contributed by atoms with Crippen molar-refractivity contribution in [1.29, 1.82) is 0 Å². The molecule has 3 fully saturated rings. The molecule has 4 aliphatic rings. The summed E-state index contributed by atoms with van der Waals surface area (Å²) in [6, 6.07) is 5.92. The van der Waals surface area contributed by atoms with E-state index in [9.17, 15) is 34.7 Å². The van der Waals surface area contributed by atoms with Crippen LogP contribution in [0.15, 0.2) is 48.1 Å². The normalized spacial score (nSPS) is 36.7. The molecule has 4 aliphatic carbocycles. The molecule has 0 saturated heterocycles. The Morgan fingerprint density at radius 1 is 1.23 bits per heavy atom. The van der Waals surface area contributed by atoms with E-state index in [-0.39, 0.29) is 48.5 Å². The molecule has 0 radical (unpaired) electrons. The van der Waals surface area contributed by atoms with Crippen LogP contribution in [0.5, 0.6) is 0 Å². The number of Topliss-reactive ketones (excluding diaryl/α,β-unsaturated/α-hetero) is 1. The molecule has 1 aromatic rings. The molecule has 1 aromatic carbocycles. The summed E-state index contributed by atoms with van der Waals surface area (Å²) in [5.74, 6) is -1.52. The highest BCUT2D eigenvalue weighted by Crippen LogP contribution is 2.67. The van der Waals surface area contributed by atoms with E-state index in [1.165, 1.54) is 18.2 Å². The minimum atomic E-state index is -1.76. The molecule has 2 N–H and O–H groups in total. The zero-order valence-corrected chi connectivity index (χ0v) is 22.0. The van der Waals surface area contributed by atoms with Crippen LogP contribution >= 0.6 is 0 Å². The van der Waals surface area contributed by atoms with E-state index in [1.807, 2.05) is 13.0 Å². The van der Waals surface area contributed by atoms with E-state index in [2.05, 4.69) is 11.8 Å². The molecule has 0 heterocycles. The number of aliphatic hydroxyl groups excluding tert-OH is 1. The zero-order valence-electron chi connectivity index (χ0n) is 22.0. The van der Waals surface area contributed by atoms with Crippen molar-refractivity contribution >= 4 is 17.5 Å². The molecule has 208 valence electrons. The summed E-state index contributed by atoms with van der Waals surface area (Å²) in [6.45, 7) is 2.96. The Labute approximate surface area is 225 Å². The second-order valence-corrected chi connectivity index (χ2v) is 11.8. The van der Waals surface area contributed by atoms with Crippen LogP contribution in [0.25, 0.3) is 0 Å². The lowest BCUT2D eigenvalue weighted by Gasteiger charge is -2.59. The quantitative estimate of drug-likeness (QED) is 0.302. The summed E-state index contributed by atoms with van der Waals surface area (Å²) in [5, 5.41) is 32.8. The molecule has 0 aliphatic heterocycles. The Kier molecular flexibility index (Phi) is 6.75. The third kappa shape index (κ3) is 4.39. The number of fused-ring (bicyclic) bond motifs is 5. The largest absolute Gasteiger partial charge is 0.454 e. The summed E-state index contributed by atoms with van der Waals surface area (Å²) in [7, 11) is 0. The van der Waals surface area contributed by atoms with Gasteiger partial charge in [-0.2, -0.15) is 0 Å². The van der Waals surface area contributed by atoms with Crippen molar-refractivity contribution in [2.45, 2.75) is 64.3 Å². The number of hydrogen-bond donors (Lipinski definition) is 2. The van der Waals surface area contributed by atoms with Gasteiger partial charge in [-0.15, -0.1) is 10.1 Å². The SMILES string of the molecule is C[C@]12C=CC(=O)C=C1CC[C@@H]1[C@@H]2[C@@H](O)C[C@@]2(C)[C@H]1CC[C@]2(O)C(=O)COC(=O)c1cccc(CO[N+](=O)[O-])c1. The Balaban J connectivity index is 1.30. The van der Waals surface area contributed by atoms with Crippen molar-refractivity contribution in [3.05, 3.63) is 69.3 Å². The van der Waals surface area contributed by atoms with Gasteiger partial charge in [0, 0.05) is 16.7 Å². The van der Waals surface area contributed by atoms with Crippen LogP contribution in [0, 0.1) is 38.7 Å². The van der Waals surface area contributed by atoms with Gasteiger partial charge in [0.15, 0.2) is 12.4 Å². The van der Waals surface area contributed by atoms with Gasteiger partial charge in [0.1, 0.15) is 12.2 Å². The molecule has 10 heteroatoms. The first-order chi connectivity index (χ1) is 18.4. The summed E-state index contributed by atoms with van der Waals surface area (Å²) in [6.07, 6.45) is 6.91. The van der Waals surface area contributed by atoms with Gasteiger partial charge in [-0.25, -0.2) is 4.79 Å². The van der Waals surface area contributed by atoms with Gasteiger partial charge in [0.25, 0.3) is 5.09 Å². The molecular formula is C29H33NO9. The maximum Gasteiger partial charge on any atom is 0.338 e. The number of ketones is 2. The molecule has 3 saturated carbocycles. The average molecular weight is 540 g/mol. The van der Waals surface area contributed by atoms with Crippen molar-refractivity contribution in [3.8, 4) is 0 Å². The lowest BCUT2D eigenvalue weighted by Crippen LogP contribution is -2.61. The fourth-order valence-corrected chi connectivity index (χ4v) is 8.04. The maximum atomic E-state index is 13.4. The zero-order chi connectivity index (χ0) is 28.2. The van der Waals surface area contributed by atoms with Crippen molar-refractivity contribution in [2.24, 2.45) is 28.6 Å². The second kappa shape index (κ2) is 9.67. The van der Waals surface area contributed by atoms with E-state index in [4.69, 9.17) is 4.74 Å². The minimum Gasteiger partial charge on any atom is -0.454 e. The first kappa shape index (κ1) is 27.2. The van der Waals surface area contributed by atoms with Gasteiger partial charge in [0.05, 0.1) is 11.7 Å². The fourth-order valence-electron chi connectivity index (χ4n) is 8.04. The first-order valence-corrected chi connectivity index (χ1v) is 13.3. The molecule has 7 atom stereocenters. The van der Waals surface area contributed by atoms with E-state index in [1.54, 1.807) is 18.2 Å². The van der Waals surface area contributed by atoms with E-state index < -0.39 is 46.0 Å². The number of allylic oxidation sites excluding steroid dienone is 4. The third-order valence-corrected chi connectivity index (χ3v) is 9.94. The van der Waals surface area contributed by atoms with Crippen molar-refractivity contribution in [2.75, 3.05) is 6.61 Å². The Bertz CT molecular complexity index is 1290. The van der Waals surface area contributed by atoms with E-state index in [0.717, 1.165) is 18.4 Å². The highest BCUT2D eigenvalue weighted by atomic mass is 16.9. The number of benzene rings is 1. The molecule has 0 aromatic heterocycles. The monoisotopic (exact) mass is 539 g/mol. The molecule has 10 nitrogen and oxygen atoms in total. The Morgan fingerprint density at radius 3 is 2.74 bits per heavy atom. The van der Waals surface area contributed by atoms with Gasteiger partial charge >= 0.3 is 5.97 Å². The van der Waals surface area contributed by atoms with Crippen molar-refractivity contribution in [3.63, 3.8) is 0 Å². The van der Waals surface area contributed by atoms with Crippen LogP contribution in [0.3, 0.4) is 0 Å². The molecule has 0 bridgehead atoms. The average Bonchev–Trinajstić information content (AvgIpc) is 3.17. The molecule has 5 rings (SSSR count). The van der Waals surface area contributed by atoms with Crippen LogP contribution in [0.1, 0.15) is 61.9 Å². The summed E-state index contributed by atoms with van der Waals surface area (Å²) >= 11 is 0. The topological polar surface area (TPSA) is 153 Å². The number of hydrogen-bond acceptors (Lipinski definition) is 9. The highest BCUT2D eigenvalue weighted by molar-refractivity contribution is 6.01. The highest BCUT2D eigenvalue weighted by Gasteiger charge is 2.68. The second-order valence-electron chi connectivity index (χ2n) is 11.8. The lowest BCUT2D eigenvalue weighted by molar-refractivity contribution is -0.763. The van der Waals surface area contributed by atoms with Gasteiger partial charge in [-0.1, -0.05) is 37.6 Å². The predicted molar refractivity (Wildman–Crippen MR) is 136 cm³/mol. The van der Waals surface area contributed by atoms with Crippen LogP contribution < -0.4 is 0 Å². The third-order valence-electron chi connectivity index (χ3n) is 9.94. The van der Waals surface area contributed by atoms with Gasteiger partial charge in [0.2, 0.25) is 5.78 Å². The van der Waals surface area contributed by atoms with Crippen LogP contribution in [-0.2, 0) is 25.8 Å². The number of ether oxygens (including phenoxy) is 1. The number of carbonyl (C=O) groups excluding carboxylic acids is 3. The Hall–Kier alpha value is -3.37. The van der Waals surface area contributed by atoms with Gasteiger partial charge < -0.3 is 19.8 Å². The maximum absolute atomic E-state index is 13.4. The number of aliphatic hydroxyl groups is 2. The van der Waals surface area contributed by atoms with Gasteiger partial charge in [-0.3, -0.25) is 9.59 Å². The number of nitrogens with zero attached hydrogens (tertiary/aromatic N) is 1. The number of esters is 1. The van der Waals surface area contributed by atoms with E-state index >= 15 is 0 Å². The lowest BCUT2D eigenvalue weighted by atomic mass is 9.46. The summed E-state index contributed by atoms with van der Waals surface area (Å²) < 4.78 is 5.27. The molecule has 0 spiro atoms. The van der Waals surface area contributed by atoms with Crippen LogP contribution in [0.4, 0.5) is 0 Å². The fraction of sp³-hybridized carbons (Fsp3) is 0.552. The molecule has 0 unspecified atom stereocenters. The number of rotatable bonds is 7. The molecule has 39 heavy (non-hydrogen) atoms. The summed E-state index contributed by atoms with van der Waals surface area (Å²) in [5.41, 5.74) is -1.59. The summed E-state index contributed by atoms with van der Waals surface area (Å²) in [4.78, 5) is 52.9. The van der Waals surface area contributed by atoms with Gasteiger partial charge in [-0.05, 0) is 73.8 Å². The first-order valence-electron chi connectivity index (χ1n) is 13.3. The van der Waals surface area contributed by atoms with E-state index in [0.29, 0.717) is 12.0 Å². The standard InChI is InChI=1S/C29H33NO9/c1-27-10-8-20(31)13-19(27)6-7-21-22-9-11-29(35,28(22,2)14-23(32)25(21)27)24(33)16-38-26(34)18-5-3-4-17(12-18)15-39-30(36)37/h3-5,8,10,12-13,21-23,25,32,35H,6-7,9,11,14-16H2,1-2H3/t21-,22-,23-,25+,27-,28-,29-/m0/s1. The molecule has 0 amide bonds. The minimum absolute atomic E-state index is 0.0155. The van der Waals surface area contributed by atoms with Crippen LogP contribution in [-0.4, -0.2) is 51.1 Å². The van der Waals surface area contributed by atoms with Crippen LogP contribution in [0.2, 0.25) is 0 Å². The predicted octanol–water partition coefficient (Wildman–Crippen LogP) is 3.13. The Morgan fingerprint density at radius 2 is 2.00 bits per heavy atom. The van der Waals surface area contributed by atoms with Crippen molar-refractivity contribution < 1.29 is 39.3 Å². The number of carbonyl (C=O) groups is 3. The van der Waals surface area contributed by atoms with Crippen molar-refractivity contribution in [1.82, 2.24) is 0 Å².